The number of nitrogens with zero attached hydrogens (tertiary/aromatic N) is 4. The van der Waals surface area contributed by atoms with Crippen LogP contribution in [0.4, 0.5) is 5.82 Å². The first-order valence-electron chi connectivity index (χ1n) is 13.0. The monoisotopic (exact) mass is 586 g/mol. The molecule has 0 aliphatic carbocycles. The molecule has 1 fully saturated rings. The van der Waals surface area contributed by atoms with Gasteiger partial charge in [0, 0.05) is 5.39 Å². The lowest BCUT2D eigenvalue weighted by molar-refractivity contribution is -0.144. The number of rotatable bonds is 10. The zero-order valence-electron chi connectivity index (χ0n) is 22.5. The van der Waals surface area contributed by atoms with E-state index < -0.39 is 50.4 Å². The van der Waals surface area contributed by atoms with Crippen LogP contribution in [-0.4, -0.2) is 72.8 Å². The largest absolute Gasteiger partial charge is 0.465 e. The van der Waals surface area contributed by atoms with Crippen LogP contribution in [0.15, 0.2) is 55.1 Å². The summed E-state index contributed by atoms with van der Waals surface area (Å²) in [5.41, 5.74) is 6.46. The molecule has 41 heavy (non-hydrogen) atoms. The summed E-state index contributed by atoms with van der Waals surface area (Å²) in [5, 5.41) is 25.9. The molecule has 2 aromatic heterocycles. The van der Waals surface area contributed by atoms with Gasteiger partial charge in [0.2, 0.25) is 0 Å². The Hall–Kier alpha value is -3.65. The average molecular weight is 587 g/mol. The van der Waals surface area contributed by atoms with Crippen LogP contribution in [0, 0.1) is 0 Å². The second-order valence-corrected chi connectivity index (χ2v) is 11.2. The number of aliphatic hydroxyl groups is 2. The number of anilines is 1. The number of hydrogen-bond donors (Lipinski definition) is 4. The van der Waals surface area contributed by atoms with Crippen molar-refractivity contribution in [3.05, 3.63) is 55.1 Å². The summed E-state index contributed by atoms with van der Waals surface area (Å²) >= 11 is 0. The van der Waals surface area contributed by atoms with Gasteiger partial charge in [-0.3, -0.25) is 13.9 Å². The topological polar surface area (TPSA) is 193 Å². The van der Waals surface area contributed by atoms with Crippen LogP contribution in [0.25, 0.3) is 21.9 Å². The van der Waals surface area contributed by atoms with Gasteiger partial charge in [-0.2, -0.15) is 5.09 Å². The van der Waals surface area contributed by atoms with Crippen molar-refractivity contribution in [3.8, 4) is 5.75 Å². The Balaban J connectivity index is 1.42. The van der Waals surface area contributed by atoms with Crippen molar-refractivity contribution in [2.45, 2.75) is 57.5 Å². The van der Waals surface area contributed by atoms with Gasteiger partial charge in [-0.1, -0.05) is 36.4 Å². The Bertz CT molecular complexity index is 1600. The molecule has 218 valence electrons. The molecule has 15 heteroatoms. The SMILES string of the molecule is CCOC(=O)C(C)NP(=O)(Oc1cccc2ccccc12)OC(C)[C@H]1O[C@@H](n2cnc3c(N)ncnc32)[C@H](O)[C@@H]1O. The third-order valence-corrected chi connectivity index (χ3v) is 8.41. The fourth-order valence-electron chi connectivity index (χ4n) is 4.68. The molecule has 0 bridgehead atoms. The van der Waals surface area contributed by atoms with Crippen molar-refractivity contribution in [3.63, 3.8) is 0 Å². The first-order valence-corrected chi connectivity index (χ1v) is 14.5. The molecule has 2 aromatic carbocycles. The molecule has 0 spiro atoms. The Morgan fingerprint density at radius 3 is 2.68 bits per heavy atom. The number of carbonyl (C=O) groups is 1. The second-order valence-electron chi connectivity index (χ2n) is 9.53. The molecule has 7 atom stereocenters. The highest BCUT2D eigenvalue weighted by Crippen LogP contribution is 2.49. The Labute approximate surface area is 235 Å². The number of imidazole rings is 1. The van der Waals surface area contributed by atoms with E-state index in [9.17, 15) is 19.6 Å². The third-order valence-electron chi connectivity index (χ3n) is 6.66. The van der Waals surface area contributed by atoms with Gasteiger partial charge in [0.1, 0.15) is 41.9 Å². The van der Waals surface area contributed by atoms with Crippen LogP contribution in [0.5, 0.6) is 5.75 Å². The fraction of sp³-hybridized carbons (Fsp3) is 0.385. The fourth-order valence-corrected chi connectivity index (χ4v) is 6.39. The summed E-state index contributed by atoms with van der Waals surface area (Å²) in [5.74, 6) is -0.273. The summed E-state index contributed by atoms with van der Waals surface area (Å²) in [6, 6.07) is 11.5. The van der Waals surface area contributed by atoms with Gasteiger partial charge in [-0.25, -0.2) is 19.5 Å². The van der Waals surface area contributed by atoms with Gasteiger partial charge in [-0.15, -0.1) is 0 Å². The number of nitrogen functional groups attached to an aromatic ring is 1. The first-order chi connectivity index (χ1) is 19.6. The molecule has 1 aliphatic heterocycles. The zero-order valence-corrected chi connectivity index (χ0v) is 23.4. The smallest absolute Gasteiger partial charge is 0.459 e. The highest BCUT2D eigenvalue weighted by molar-refractivity contribution is 7.52. The summed E-state index contributed by atoms with van der Waals surface area (Å²) in [6.45, 7) is 4.74. The number of carbonyl (C=O) groups excluding carboxylic acids is 1. The maximum atomic E-state index is 14.2. The summed E-state index contributed by atoms with van der Waals surface area (Å²) in [6.07, 6.45) is -3.68. The lowest BCUT2D eigenvalue weighted by Gasteiger charge is -2.29. The molecular weight excluding hydrogens is 555 g/mol. The number of aromatic nitrogens is 4. The van der Waals surface area contributed by atoms with Gasteiger partial charge in [0.05, 0.1) is 19.0 Å². The van der Waals surface area contributed by atoms with Crippen LogP contribution in [0.1, 0.15) is 27.0 Å². The van der Waals surface area contributed by atoms with Crippen molar-refractivity contribution >= 4 is 41.5 Å². The number of fused-ring (bicyclic) bond motifs is 2. The number of aliphatic hydroxyl groups excluding tert-OH is 2. The summed E-state index contributed by atoms with van der Waals surface area (Å²) in [4.78, 5) is 24.6. The van der Waals surface area contributed by atoms with E-state index in [-0.39, 0.29) is 23.8 Å². The van der Waals surface area contributed by atoms with Gasteiger partial charge >= 0.3 is 13.7 Å². The van der Waals surface area contributed by atoms with Gasteiger partial charge < -0.3 is 29.9 Å². The van der Waals surface area contributed by atoms with Crippen molar-refractivity contribution < 1.29 is 38.1 Å². The molecule has 0 amide bonds. The molecule has 0 saturated carbocycles. The molecule has 1 saturated heterocycles. The predicted molar refractivity (Wildman–Crippen MR) is 148 cm³/mol. The third kappa shape index (κ3) is 5.75. The van der Waals surface area contributed by atoms with E-state index in [4.69, 9.17) is 24.3 Å². The van der Waals surface area contributed by atoms with Crippen molar-refractivity contribution in [1.29, 1.82) is 0 Å². The minimum atomic E-state index is -4.34. The lowest BCUT2D eigenvalue weighted by atomic mass is 10.1. The molecule has 5 N–H and O–H groups in total. The number of esters is 1. The van der Waals surface area contributed by atoms with E-state index in [0.717, 1.165) is 5.39 Å². The molecule has 4 aromatic rings. The Kier molecular flexibility index (Phi) is 8.23. The number of nitrogens with one attached hydrogen (secondary N) is 1. The highest BCUT2D eigenvalue weighted by atomic mass is 31.2. The van der Waals surface area contributed by atoms with Crippen LogP contribution in [0.2, 0.25) is 0 Å². The highest BCUT2D eigenvalue weighted by Gasteiger charge is 2.49. The van der Waals surface area contributed by atoms with Gasteiger partial charge in [-0.05, 0) is 32.2 Å². The quantitative estimate of drug-likeness (QED) is 0.156. The van der Waals surface area contributed by atoms with Crippen molar-refractivity contribution in [1.82, 2.24) is 24.6 Å². The molecule has 5 rings (SSSR count). The van der Waals surface area contributed by atoms with Crippen LogP contribution in [-0.2, 0) is 23.4 Å². The predicted octanol–water partition coefficient (Wildman–Crippen LogP) is 2.31. The molecule has 0 radical (unpaired) electrons. The van der Waals surface area contributed by atoms with Crippen LogP contribution < -0.4 is 15.3 Å². The van der Waals surface area contributed by atoms with Crippen LogP contribution in [0.3, 0.4) is 0 Å². The van der Waals surface area contributed by atoms with Gasteiger partial charge in [0.25, 0.3) is 0 Å². The van der Waals surface area contributed by atoms with E-state index in [2.05, 4.69) is 20.0 Å². The maximum absolute atomic E-state index is 14.2. The Morgan fingerprint density at radius 2 is 1.90 bits per heavy atom. The summed E-state index contributed by atoms with van der Waals surface area (Å²) < 4.78 is 38.5. The molecular formula is C26H31N6O8P. The minimum Gasteiger partial charge on any atom is -0.465 e. The Morgan fingerprint density at radius 1 is 1.15 bits per heavy atom. The van der Waals surface area contributed by atoms with Crippen molar-refractivity contribution in [2.24, 2.45) is 0 Å². The lowest BCUT2D eigenvalue weighted by Crippen LogP contribution is -2.41. The van der Waals surface area contributed by atoms with E-state index in [1.54, 1.807) is 31.2 Å². The van der Waals surface area contributed by atoms with Gasteiger partial charge in [0.15, 0.2) is 17.7 Å². The number of benzene rings is 2. The second kappa shape index (κ2) is 11.7. The molecule has 14 nitrogen and oxygen atoms in total. The van der Waals surface area contributed by atoms with E-state index >= 15 is 0 Å². The summed E-state index contributed by atoms with van der Waals surface area (Å²) in [7, 11) is -4.34. The molecule has 3 heterocycles. The minimum absolute atomic E-state index is 0.122. The number of hydrogen-bond acceptors (Lipinski definition) is 12. The standard InChI is InChI=1S/C26H31N6O8P/c1-4-37-26(35)14(2)31-41(36,40-18-11-7-9-16-8-5-6-10-17(16)18)39-15(3)22-20(33)21(34)25(38-22)32-13-30-19-23(27)28-12-29-24(19)32/h5-15,20-22,25,33-34H,4H2,1-3H3,(H,31,36)(H2,27,28,29)/t14?,15?,20-,21+,22+,25+,41?/m0/s1. The maximum Gasteiger partial charge on any atom is 0.459 e. The normalized spacial score (nSPS) is 23.7. The van der Waals surface area contributed by atoms with Crippen LogP contribution >= 0.6 is 7.75 Å². The first kappa shape index (κ1) is 28.9. The number of ether oxygens (including phenoxy) is 2. The van der Waals surface area contributed by atoms with E-state index in [1.165, 1.54) is 31.1 Å². The van der Waals surface area contributed by atoms with E-state index in [1.807, 2.05) is 18.2 Å². The average Bonchev–Trinajstić information content (AvgIpc) is 3.50. The molecule has 3 unspecified atom stereocenters. The number of nitrogens with two attached hydrogens (primary N) is 1. The molecule has 1 aliphatic rings. The zero-order chi connectivity index (χ0) is 29.3. The van der Waals surface area contributed by atoms with Crippen molar-refractivity contribution in [2.75, 3.05) is 12.3 Å². The van der Waals surface area contributed by atoms with E-state index in [0.29, 0.717) is 10.9 Å².